The first-order valence-electron chi connectivity index (χ1n) is 11.1. The second-order valence-corrected chi connectivity index (χ2v) is 8.81. The summed E-state index contributed by atoms with van der Waals surface area (Å²) < 4.78 is 5.70. The number of anilines is 1. The minimum Gasteiger partial charge on any atom is -0.422 e. The number of imide groups is 1. The van der Waals surface area contributed by atoms with Gasteiger partial charge in [0.1, 0.15) is 5.75 Å². The molecule has 162 valence electrons. The molecule has 5 nitrogen and oxygen atoms in total. The lowest BCUT2D eigenvalue weighted by Gasteiger charge is -2.17. The predicted octanol–water partition coefficient (Wildman–Crippen LogP) is 4.88. The lowest BCUT2D eigenvalue weighted by Crippen LogP contribution is -2.32. The van der Waals surface area contributed by atoms with E-state index in [1.165, 1.54) is 4.90 Å². The van der Waals surface area contributed by atoms with E-state index in [4.69, 9.17) is 4.74 Å². The molecule has 2 aliphatic carbocycles. The van der Waals surface area contributed by atoms with E-state index in [0.29, 0.717) is 17.0 Å². The second kappa shape index (κ2) is 7.55. The SMILES string of the molecule is O=C(Oc1ccccc1-c1ccccc1)c1ccc(N2C(=O)[C@@H]3[C@@H](C2=O)[C@H]2C=C[C@H]3C2)cc1. The van der Waals surface area contributed by atoms with Crippen LogP contribution in [-0.2, 0) is 9.59 Å². The highest BCUT2D eigenvalue weighted by Gasteiger charge is 2.59. The molecule has 3 aromatic rings. The number of ether oxygens (including phenoxy) is 1. The van der Waals surface area contributed by atoms with Crippen LogP contribution in [0.1, 0.15) is 16.8 Å². The van der Waals surface area contributed by atoms with E-state index in [-0.39, 0.29) is 35.5 Å². The van der Waals surface area contributed by atoms with Crippen molar-refractivity contribution in [3.8, 4) is 16.9 Å². The first-order chi connectivity index (χ1) is 16.1. The zero-order valence-electron chi connectivity index (χ0n) is 17.8. The molecule has 3 aromatic carbocycles. The normalized spacial score (nSPS) is 24.9. The molecular formula is C28H21NO4. The number of esters is 1. The van der Waals surface area contributed by atoms with Gasteiger partial charge in [-0.1, -0.05) is 60.7 Å². The van der Waals surface area contributed by atoms with E-state index in [1.54, 1.807) is 30.3 Å². The Morgan fingerprint density at radius 1 is 0.758 bits per heavy atom. The molecule has 4 atom stereocenters. The molecule has 33 heavy (non-hydrogen) atoms. The summed E-state index contributed by atoms with van der Waals surface area (Å²) in [5.41, 5.74) is 2.63. The van der Waals surface area contributed by atoms with Crippen LogP contribution in [0.5, 0.6) is 5.75 Å². The minimum absolute atomic E-state index is 0.131. The lowest BCUT2D eigenvalue weighted by molar-refractivity contribution is -0.123. The van der Waals surface area contributed by atoms with Crippen molar-refractivity contribution in [2.45, 2.75) is 6.42 Å². The Morgan fingerprint density at radius 3 is 2.03 bits per heavy atom. The number of rotatable bonds is 4. The minimum atomic E-state index is -0.497. The van der Waals surface area contributed by atoms with Gasteiger partial charge in [0.2, 0.25) is 11.8 Å². The number of amides is 2. The number of hydrogen-bond donors (Lipinski definition) is 0. The fraction of sp³-hybridized carbons (Fsp3) is 0.179. The molecule has 1 saturated heterocycles. The highest BCUT2D eigenvalue weighted by atomic mass is 16.5. The Hall–Kier alpha value is -3.99. The Bertz CT molecular complexity index is 1260. The van der Waals surface area contributed by atoms with Crippen molar-refractivity contribution in [2.24, 2.45) is 23.7 Å². The van der Waals surface area contributed by atoms with Gasteiger partial charge in [-0.3, -0.25) is 14.5 Å². The van der Waals surface area contributed by atoms with Crippen LogP contribution in [0, 0.1) is 23.7 Å². The fourth-order valence-corrected chi connectivity index (χ4v) is 5.47. The quantitative estimate of drug-likeness (QED) is 0.254. The molecule has 0 unspecified atom stereocenters. The Balaban J connectivity index is 1.22. The monoisotopic (exact) mass is 435 g/mol. The number of carbonyl (C=O) groups excluding carboxylic acids is 3. The highest BCUT2D eigenvalue weighted by Crippen LogP contribution is 2.53. The number of carbonyl (C=O) groups is 3. The van der Waals surface area contributed by atoms with Gasteiger partial charge in [0.05, 0.1) is 23.1 Å². The van der Waals surface area contributed by atoms with E-state index >= 15 is 0 Å². The fourth-order valence-electron chi connectivity index (χ4n) is 5.47. The van der Waals surface area contributed by atoms with Crippen LogP contribution < -0.4 is 9.64 Å². The molecular weight excluding hydrogens is 414 g/mol. The zero-order chi connectivity index (χ0) is 22.5. The van der Waals surface area contributed by atoms with Gasteiger partial charge in [0.25, 0.3) is 0 Å². The van der Waals surface area contributed by atoms with Crippen molar-refractivity contribution >= 4 is 23.5 Å². The van der Waals surface area contributed by atoms with Crippen LogP contribution in [0.25, 0.3) is 11.1 Å². The maximum atomic E-state index is 13.0. The number of hydrogen-bond acceptors (Lipinski definition) is 4. The standard InChI is InChI=1S/C28H21NO4/c30-26-24-19-10-11-20(16-19)25(24)27(31)29(26)21-14-12-18(13-15-21)28(32)33-23-9-5-4-8-22(23)17-6-2-1-3-7-17/h1-15,19-20,24-25H,16H2/t19-,20-,24-,25-/m0/s1. The zero-order valence-corrected chi connectivity index (χ0v) is 17.8. The van der Waals surface area contributed by atoms with Crippen molar-refractivity contribution in [2.75, 3.05) is 4.90 Å². The van der Waals surface area contributed by atoms with Crippen LogP contribution >= 0.6 is 0 Å². The summed E-state index contributed by atoms with van der Waals surface area (Å²) in [6.45, 7) is 0. The van der Waals surface area contributed by atoms with Crippen molar-refractivity contribution in [3.05, 3.63) is 96.6 Å². The van der Waals surface area contributed by atoms with E-state index < -0.39 is 5.97 Å². The molecule has 6 rings (SSSR count). The van der Waals surface area contributed by atoms with Gasteiger partial charge in [0, 0.05) is 5.56 Å². The molecule has 2 fully saturated rings. The van der Waals surface area contributed by atoms with E-state index in [1.807, 2.05) is 48.5 Å². The average Bonchev–Trinajstić information content (AvgIpc) is 3.54. The molecule has 0 radical (unpaired) electrons. The van der Waals surface area contributed by atoms with Gasteiger partial charge in [-0.15, -0.1) is 0 Å². The molecule has 5 heteroatoms. The third-order valence-corrected chi connectivity index (χ3v) is 7.01. The Kier molecular flexibility index (Phi) is 4.50. The van der Waals surface area contributed by atoms with E-state index in [2.05, 4.69) is 12.2 Å². The van der Waals surface area contributed by atoms with Crippen LogP contribution in [0.15, 0.2) is 91.0 Å². The Labute approximate surface area is 191 Å². The van der Waals surface area contributed by atoms with Crippen molar-refractivity contribution in [3.63, 3.8) is 0 Å². The lowest BCUT2D eigenvalue weighted by atomic mass is 9.85. The molecule has 1 saturated carbocycles. The average molecular weight is 435 g/mol. The summed E-state index contributed by atoms with van der Waals surface area (Å²) in [7, 11) is 0. The first kappa shape index (κ1) is 19.7. The van der Waals surface area contributed by atoms with E-state index in [0.717, 1.165) is 17.5 Å². The van der Waals surface area contributed by atoms with E-state index in [9.17, 15) is 14.4 Å². The Morgan fingerprint density at radius 2 is 1.36 bits per heavy atom. The smallest absolute Gasteiger partial charge is 0.343 e. The van der Waals surface area contributed by atoms with Crippen LogP contribution in [-0.4, -0.2) is 17.8 Å². The summed E-state index contributed by atoms with van der Waals surface area (Å²) >= 11 is 0. The highest BCUT2D eigenvalue weighted by molar-refractivity contribution is 6.22. The summed E-state index contributed by atoms with van der Waals surface area (Å²) in [4.78, 5) is 40.1. The number of fused-ring (bicyclic) bond motifs is 5. The van der Waals surface area contributed by atoms with Crippen LogP contribution in [0.4, 0.5) is 5.69 Å². The number of benzene rings is 3. The molecule has 2 amide bonds. The van der Waals surface area contributed by atoms with Gasteiger partial charge in [-0.05, 0) is 54.2 Å². The third kappa shape index (κ3) is 3.11. The summed E-state index contributed by atoms with van der Waals surface area (Å²) in [5.74, 6) is -0.441. The largest absolute Gasteiger partial charge is 0.422 e. The maximum absolute atomic E-state index is 13.0. The molecule has 0 N–H and O–H groups in total. The summed E-state index contributed by atoms with van der Waals surface area (Å²) in [6.07, 6.45) is 5.05. The number of nitrogens with zero attached hydrogens (tertiary/aromatic N) is 1. The number of para-hydroxylation sites is 1. The van der Waals surface area contributed by atoms with Crippen molar-refractivity contribution in [1.29, 1.82) is 0 Å². The molecule has 3 aliphatic rings. The molecule has 0 spiro atoms. The second-order valence-electron chi connectivity index (χ2n) is 8.81. The van der Waals surface area contributed by atoms with Crippen molar-refractivity contribution < 1.29 is 19.1 Å². The van der Waals surface area contributed by atoms with Crippen LogP contribution in [0.2, 0.25) is 0 Å². The summed E-state index contributed by atoms with van der Waals surface area (Å²) in [5, 5.41) is 0. The summed E-state index contributed by atoms with van der Waals surface area (Å²) in [6, 6.07) is 23.6. The van der Waals surface area contributed by atoms with Gasteiger partial charge < -0.3 is 4.74 Å². The third-order valence-electron chi connectivity index (χ3n) is 7.01. The first-order valence-corrected chi connectivity index (χ1v) is 11.1. The van der Waals surface area contributed by atoms with Crippen molar-refractivity contribution in [1.82, 2.24) is 0 Å². The molecule has 0 aromatic heterocycles. The van der Waals surface area contributed by atoms with Gasteiger partial charge in [-0.25, -0.2) is 4.79 Å². The molecule has 1 heterocycles. The van der Waals surface area contributed by atoms with Gasteiger partial charge in [-0.2, -0.15) is 0 Å². The van der Waals surface area contributed by atoms with Gasteiger partial charge >= 0.3 is 5.97 Å². The molecule has 2 bridgehead atoms. The van der Waals surface area contributed by atoms with Crippen LogP contribution in [0.3, 0.4) is 0 Å². The van der Waals surface area contributed by atoms with Gasteiger partial charge in [0.15, 0.2) is 0 Å². The number of allylic oxidation sites excluding steroid dienone is 2. The topological polar surface area (TPSA) is 63.7 Å². The predicted molar refractivity (Wildman–Crippen MR) is 123 cm³/mol. The molecule has 1 aliphatic heterocycles. The maximum Gasteiger partial charge on any atom is 0.343 e.